The summed E-state index contributed by atoms with van der Waals surface area (Å²) in [5.41, 5.74) is -7.62. The Hall–Kier alpha value is -2.70. The van der Waals surface area contributed by atoms with Gasteiger partial charge in [0.15, 0.2) is 9.84 Å². The first-order chi connectivity index (χ1) is 19.1. The number of amides is 1. The number of fused-ring (bicyclic) bond motifs is 3. The predicted octanol–water partition coefficient (Wildman–Crippen LogP) is 6.91. The van der Waals surface area contributed by atoms with E-state index in [-0.39, 0.29) is 53.7 Å². The van der Waals surface area contributed by atoms with Crippen molar-refractivity contribution >= 4 is 15.7 Å². The maximum absolute atomic E-state index is 14.9. The van der Waals surface area contributed by atoms with Gasteiger partial charge in [-0.3, -0.25) is 4.79 Å². The summed E-state index contributed by atoms with van der Waals surface area (Å²) < 4.78 is 136. The average Bonchev–Trinajstić information content (AvgIpc) is 3.33. The number of carbonyl (C=O) groups is 1. The van der Waals surface area contributed by atoms with E-state index in [1.807, 2.05) is 0 Å². The quantitative estimate of drug-likeness (QED) is 0.280. The van der Waals surface area contributed by atoms with Crippen molar-refractivity contribution in [2.75, 3.05) is 6.54 Å². The molecule has 0 radical (unpaired) electrons. The largest absolute Gasteiger partial charge is 0.435 e. The van der Waals surface area contributed by atoms with Gasteiger partial charge in [0, 0.05) is 18.0 Å². The molecule has 5 rings (SSSR count). The van der Waals surface area contributed by atoms with Crippen LogP contribution < -0.4 is 0 Å². The highest BCUT2D eigenvalue weighted by atomic mass is 32.2. The molecule has 1 amide bonds. The lowest BCUT2D eigenvalue weighted by Gasteiger charge is -2.43. The van der Waals surface area contributed by atoms with Crippen LogP contribution in [0.4, 0.5) is 35.1 Å². The van der Waals surface area contributed by atoms with E-state index in [4.69, 9.17) is 0 Å². The predicted molar refractivity (Wildman–Crippen MR) is 132 cm³/mol. The maximum atomic E-state index is 14.9. The molecular weight excluding hydrogens is 582 g/mol. The summed E-state index contributed by atoms with van der Waals surface area (Å²) >= 11 is 0. The second-order valence-corrected chi connectivity index (χ2v) is 13.3. The van der Waals surface area contributed by atoms with Gasteiger partial charge in [0.05, 0.1) is 10.9 Å². The van der Waals surface area contributed by atoms with Crippen LogP contribution in [0, 0.1) is 11.7 Å². The fraction of sp³-hybridized carbons (Fsp3) is 0.536. The average molecular weight is 610 g/mol. The van der Waals surface area contributed by atoms with Crippen molar-refractivity contribution in [1.82, 2.24) is 4.90 Å². The lowest BCUT2D eigenvalue weighted by atomic mass is 9.76. The normalized spacial score (nSPS) is 24.2. The summed E-state index contributed by atoms with van der Waals surface area (Å²) in [5, 5.41) is 0. The fourth-order valence-electron chi connectivity index (χ4n) is 6.90. The van der Waals surface area contributed by atoms with Gasteiger partial charge >= 0.3 is 18.0 Å². The SMILES string of the molecule is O=C(C1CCCCC1)N1CC[C@]2(S(=O)(=O)c3ccc(F)cc3)c3ccc(C(F)(C(F)(F)F)C(F)(F)F)cc3CC[C@H]12. The summed E-state index contributed by atoms with van der Waals surface area (Å²) in [6, 6.07) is 4.54. The van der Waals surface area contributed by atoms with E-state index < -0.39 is 50.0 Å². The number of halogens is 8. The van der Waals surface area contributed by atoms with E-state index in [1.54, 1.807) is 0 Å². The topological polar surface area (TPSA) is 54.5 Å². The zero-order valence-electron chi connectivity index (χ0n) is 21.7. The molecule has 0 aromatic heterocycles. The molecule has 1 saturated carbocycles. The van der Waals surface area contributed by atoms with Crippen molar-refractivity contribution in [1.29, 1.82) is 0 Å². The summed E-state index contributed by atoms with van der Waals surface area (Å²) in [7, 11) is -4.49. The number of likely N-dealkylation sites (tertiary alicyclic amines) is 1. The van der Waals surface area contributed by atoms with Crippen LogP contribution in [-0.4, -0.2) is 44.2 Å². The van der Waals surface area contributed by atoms with Gasteiger partial charge in [-0.1, -0.05) is 37.5 Å². The van der Waals surface area contributed by atoms with Crippen LogP contribution in [0.1, 0.15) is 61.6 Å². The molecule has 2 fully saturated rings. The van der Waals surface area contributed by atoms with E-state index in [0.29, 0.717) is 25.0 Å². The van der Waals surface area contributed by atoms with Gasteiger partial charge in [-0.25, -0.2) is 17.2 Å². The van der Waals surface area contributed by atoms with Crippen molar-refractivity contribution in [2.45, 2.75) is 85.1 Å². The van der Waals surface area contributed by atoms with E-state index in [1.165, 1.54) is 4.90 Å². The van der Waals surface area contributed by atoms with Gasteiger partial charge in [0.25, 0.3) is 0 Å². The third-order valence-corrected chi connectivity index (χ3v) is 11.5. The van der Waals surface area contributed by atoms with Crippen LogP contribution in [0.25, 0.3) is 0 Å². The Morgan fingerprint density at radius 3 is 2.05 bits per heavy atom. The zero-order valence-corrected chi connectivity index (χ0v) is 22.5. The molecule has 2 aromatic carbocycles. The first-order valence-electron chi connectivity index (χ1n) is 13.3. The molecular formula is C28H27F8NO3S. The molecule has 4 nitrogen and oxygen atoms in total. The number of alkyl halides is 7. The minimum atomic E-state index is -6.33. The van der Waals surface area contributed by atoms with Gasteiger partial charge in [0.2, 0.25) is 5.91 Å². The molecule has 0 bridgehead atoms. The molecule has 0 unspecified atom stereocenters. The zero-order chi connectivity index (χ0) is 30.0. The van der Waals surface area contributed by atoms with Gasteiger partial charge in [-0.05, 0) is 67.5 Å². The molecule has 3 aliphatic rings. The summed E-state index contributed by atoms with van der Waals surface area (Å²) in [6.07, 6.45) is -9.18. The van der Waals surface area contributed by atoms with Crippen molar-refractivity contribution < 1.29 is 48.3 Å². The Balaban J connectivity index is 1.68. The molecule has 1 heterocycles. The smallest absolute Gasteiger partial charge is 0.337 e. The monoisotopic (exact) mass is 609 g/mol. The minimum absolute atomic E-state index is 0.000231. The minimum Gasteiger partial charge on any atom is -0.337 e. The van der Waals surface area contributed by atoms with Gasteiger partial charge in [-0.2, -0.15) is 26.3 Å². The molecule has 2 aromatic rings. The number of aryl methyl sites for hydroxylation is 1. The Morgan fingerprint density at radius 2 is 1.46 bits per heavy atom. The fourth-order valence-corrected chi connectivity index (χ4v) is 9.27. The van der Waals surface area contributed by atoms with Crippen LogP contribution in [0.2, 0.25) is 0 Å². The molecule has 224 valence electrons. The molecule has 1 aliphatic heterocycles. The maximum Gasteiger partial charge on any atom is 0.435 e. The highest BCUT2D eigenvalue weighted by Crippen LogP contribution is 2.57. The number of sulfone groups is 1. The van der Waals surface area contributed by atoms with E-state index in [9.17, 15) is 48.3 Å². The van der Waals surface area contributed by atoms with Gasteiger partial charge in [-0.15, -0.1) is 0 Å². The second kappa shape index (κ2) is 9.95. The Morgan fingerprint density at radius 1 is 0.854 bits per heavy atom. The van der Waals surface area contributed by atoms with Crippen LogP contribution in [0.5, 0.6) is 0 Å². The Bertz CT molecular complexity index is 1420. The van der Waals surface area contributed by atoms with E-state index >= 15 is 0 Å². The van der Waals surface area contributed by atoms with Crippen LogP contribution >= 0.6 is 0 Å². The molecule has 2 atom stereocenters. The van der Waals surface area contributed by atoms with E-state index in [0.717, 1.165) is 49.6 Å². The second-order valence-electron chi connectivity index (χ2n) is 11.0. The number of rotatable bonds is 4. The first-order valence-corrected chi connectivity index (χ1v) is 14.8. The van der Waals surface area contributed by atoms with Crippen LogP contribution in [-0.2, 0) is 31.5 Å². The number of hydrogen-bond acceptors (Lipinski definition) is 3. The summed E-state index contributed by atoms with van der Waals surface area (Å²) in [5.74, 6) is -1.27. The lowest BCUT2D eigenvalue weighted by molar-refractivity contribution is -0.348. The van der Waals surface area contributed by atoms with Gasteiger partial charge < -0.3 is 4.90 Å². The van der Waals surface area contributed by atoms with Crippen LogP contribution in [0.3, 0.4) is 0 Å². The Kier molecular flexibility index (Phi) is 7.22. The third kappa shape index (κ3) is 4.44. The highest BCUT2D eigenvalue weighted by molar-refractivity contribution is 7.92. The van der Waals surface area contributed by atoms with Gasteiger partial charge in [0.1, 0.15) is 10.6 Å². The molecule has 13 heteroatoms. The Labute approximate surface area is 231 Å². The molecule has 41 heavy (non-hydrogen) atoms. The van der Waals surface area contributed by atoms with Crippen molar-refractivity contribution in [3.63, 3.8) is 0 Å². The molecule has 2 aliphatic carbocycles. The molecule has 1 saturated heterocycles. The summed E-state index contributed by atoms with van der Waals surface area (Å²) in [4.78, 5) is 14.8. The number of nitrogens with zero attached hydrogens (tertiary/aromatic N) is 1. The van der Waals surface area contributed by atoms with Crippen molar-refractivity contribution in [3.05, 3.63) is 65.0 Å². The lowest BCUT2D eigenvalue weighted by Crippen LogP contribution is -2.53. The number of hydrogen-bond donors (Lipinski definition) is 0. The van der Waals surface area contributed by atoms with Crippen molar-refractivity contribution in [2.24, 2.45) is 5.92 Å². The summed E-state index contributed by atoms with van der Waals surface area (Å²) in [6.45, 7) is -0.000231. The third-order valence-electron chi connectivity index (χ3n) is 8.91. The standard InChI is InChI=1S/C28H27F8NO3S/c29-20-8-10-21(11-9-20)41(39,40)25-14-15-37(24(38)17-4-2-1-3-5-17)23(25)13-6-18-16-19(7-12-22(18)25)26(30,27(31,32)33)28(34,35)36/h7-12,16-17,23H,1-6,13-15H2/t23-,25-/m0/s1. The van der Waals surface area contributed by atoms with Crippen LogP contribution in [0.15, 0.2) is 47.4 Å². The molecule has 0 N–H and O–H groups in total. The number of carbonyl (C=O) groups excluding carboxylic acids is 1. The molecule has 0 spiro atoms. The number of benzene rings is 2. The first kappa shape index (κ1) is 29.8. The van der Waals surface area contributed by atoms with Crippen molar-refractivity contribution in [3.8, 4) is 0 Å². The van der Waals surface area contributed by atoms with E-state index in [2.05, 4.69) is 0 Å². The highest BCUT2D eigenvalue weighted by Gasteiger charge is 2.74.